The van der Waals surface area contributed by atoms with Crippen LogP contribution in [-0.2, 0) is 4.79 Å². The van der Waals surface area contributed by atoms with Gasteiger partial charge < -0.3 is 5.11 Å². The number of halogens is 1. The number of carboxylic acids is 1. The van der Waals surface area contributed by atoms with Crippen LogP contribution in [0.3, 0.4) is 0 Å². The van der Waals surface area contributed by atoms with Gasteiger partial charge in [0.25, 0.3) is 0 Å². The van der Waals surface area contributed by atoms with Crippen LogP contribution in [0.15, 0.2) is 29.2 Å². The lowest BCUT2D eigenvalue weighted by molar-refractivity contribution is -0.136. The summed E-state index contributed by atoms with van der Waals surface area (Å²) in [7, 11) is 0. The fourth-order valence-corrected chi connectivity index (χ4v) is 3.19. The van der Waals surface area contributed by atoms with E-state index in [-0.39, 0.29) is 17.5 Å². The van der Waals surface area contributed by atoms with Gasteiger partial charge in [-0.05, 0) is 24.3 Å². The normalized spacial score (nSPS) is 12.4. The van der Waals surface area contributed by atoms with Crippen LogP contribution in [0.2, 0.25) is 0 Å². The fourth-order valence-electron chi connectivity index (χ4n) is 1.24. The molecule has 0 aliphatic rings. The summed E-state index contributed by atoms with van der Waals surface area (Å²) >= 11 is 3.31. The Hall–Kier alpha value is -0.680. The van der Waals surface area contributed by atoms with E-state index in [1.807, 2.05) is 6.92 Å². The van der Waals surface area contributed by atoms with Gasteiger partial charge in [0, 0.05) is 21.7 Å². The number of hydrogen-bond acceptors (Lipinski definition) is 3. The molecule has 0 aliphatic heterocycles. The summed E-state index contributed by atoms with van der Waals surface area (Å²) in [6.45, 7) is 1.92. The number of thioether (sulfide) groups is 2. The van der Waals surface area contributed by atoms with Crippen molar-refractivity contribution in [3.05, 3.63) is 30.1 Å². The summed E-state index contributed by atoms with van der Waals surface area (Å²) in [6, 6.07) is 6.40. The van der Waals surface area contributed by atoms with E-state index in [9.17, 15) is 9.18 Å². The molecule has 0 heterocycles. The van der Waals surface area contributed by atoms with Crippen LogP contribution in [0.1, 0.15) is 13.3 Å². The van der Waals surface area contributed by atoms with Gasteiger partial charge in [0.2, 0.25) is 0 Å². The lowest BCUT2D eigenvalue weighted by Crippen LogP contribution is -2.06. The Bertz CT molecular complexity index is 354. The summed E-state index contributed by atoms with van der Waals surface area (Å²) in [5, 5.41) is 8.73. The summed E-state index contributed by atoms with van der Waals surface area (Å²) in [4.78, 5) is 11.5. The third-order valence-electron chi connectivity index (χ3n) is 2.03. The van der Waals surface area contributed by atoms with Crippen LogP contribution in [-0.4, -0.2) is 27.8 Å². The van der Waals surface area contributed by atoms with E-state index >= 15 is 0 Å². The number of rotatable bonds is 7. The number of hydrogen-bond donors (Lipinski definition) is 1. The molecule has 1 unspecified atom stereocenters. The van der Waals surface area contributed by atoms with Gasteiger partial charge in [-0.25, -0.2) is 4.39 Å². The molecule has 0 saturated carbocycles. The van der Waals surface area contributed by atoms with Crippen molar-refractivity contribution < 1.29 is 14.3 Å². The Balaban J connectivity index is 2.15. The van der Waals surface area contributed by atoms with Crippen LogP contribution >= 0.6 is 23.5 Å². The highest BCUT2D eigenvalue weighted by molar-refractivity contribution is 8.03. The van der Waals surface area contributed by atoms with Gasteiger partial charge in [-0.15, -0.1) is 11.8 Å². The molecule has 0 saturated heterocycles. The second-order valence-corrected chi connectivity index (χ2v) is 6.30. The standard InChI is InChI=1S/C12H15FO2S2/c1-9(8-12(14)15)16-6-7-17-11-4-2-10(13)3-5-11/h2-5,9H,6-8H2,1H3,(H,14,15). The van der Waals surface area contributed by atoms with E-state index in [0.29, 0.717) is 0 Å². The van der Waals surface area contributed by atoms with Gasteiger partial charge >= 0.3 is 5.97 Å². The predicted octanol–water partition coefficient (Wildman–Crippen LogP) is 3.51. The molecule has 0 bridgehead atoms. The first-order valence-corrected chi connectivity index (χ1v) is 7.33. The molecule has 5 heteroatoms. The van der Waals surface area contributed by atoms with Gasteiger partial charge in [0.05, 0.1) is 6.42 Å². The summed E-state index contributed by atoms with van der Waals surface area (Å²) in [5.74, 6) is 0.825. The molecular weight excluding hydrogens is 259 g/mol. The van der Waals surface area contributed by atoms with Crippen molar-refractivity contribution in [3.8, 4) is 0 Å². The minimum absolute atomic E-state index is 0.140. The van der Waals surface area contributed by atoms with Crippen LogP contribution in [0.4, 0.5) is 4.39 Å². The molecule has 0 aromatic heterocycles. The Morgan fingerprint density at radius 3 is 2.59 bits per heavy atom. The van der Waals surface area contributed by atoms with E-state index in [2.05, 4.69) is 0 Å². The zero-order valence-corrected chi connectivity index (χ0v) is 11.2. The van der Waals surface area contributed by atoms with Crippen LogP contribution in [0.5, 0.6) is 0 Å². The SMILES string of the molecule is CC(CC(=O)O)SCCSc1ccc(F)cc1. The molecule has 2 nitrogen and oxygen atoms in total. The van der Waals surface area contributed by atoms with Crippen molar-refractivity contribution in [3.63, 3.8) is 0 Å². The van der Waals surface area contributed by atoms with Gasteiger partial charge in [0.1, 0.15) is 5.82 Å². The molecule has 0 spiro atoms. The first-order valence-electron chi connectivity index (χ1n) is 5.29. The van der Waals surface area contributed by atoms with E-state index in [0.717, 1.165) is 16.4 Å². The third-order valence-corrected chi connectivity index (χ3v) is 4.48. The summed E-state index contributed by atoms with van der Waals surface area (Å²) < 4.78 is 12.6. The van der Waals surface area contributed by atoms with E-state index in [1.54, 1.807) is 35.7 Å². The second kappa shape index (κ2) is 7.61. The molecule has 0 amide bonds. The van der Waals surface area contributed by atoms with Crippen LogP contribution < -0.4 is 0 Å². The molecule has 1 aromatic carbocycles. The molecule has 94 valence electrons. The zero-order chi connectivity index (χ0) is 12.7. The Labute approximate surface area is 109 Å². The topological polar surface area (TPSA) is 37.3 Å². The van der Waals surface area contributed by atoms with Crippen molar-refractivity contribution in [2.75, 3.05) is 11.5 Å². The number of carbonyl (C=O) groups is 1. The quantitative estimate of drug-likeness (QED) is 0.610. The van der Waals surface area contributed by atoms with Gasteiger partial charge in [-0.1, -0.05) is 6.92 Å². The molecule has 1 aromatic rings. The molecule has 1 atom stereocenters. The van der Waals surface area contributed by atoms with Crippen molar-refractivity contribution in [1.29, 1.82) is 0 Å². The molecule has 0 fully saturated rings. The zero-order valence-electron chi connectivity index (χ0n) is 9.56. The molecule has 0 aliphatic carbocycles. The Morgan fingerprint density at radius 1 is 1.35 bits per heavy atom. The highest BCUT2D eigenvalue weighted by Crippen LogP contribution is 2.21. The summed E-state index contributed by atoms with van der Waals surface area (Å²) in [5.41, 5.74) is 0. The maximum absolute atomic E-state index is 12.6. The minimum Gasteiger partial charge on any atom is -0.481 e. The average Bonchev–Trinajstić information content (AvgIpc) is 2.26. The van der Waals surface area contributed by atoms with Crippen molar-refractivity contribution in [2.24, 2.45) is 0 Å². The largest absolute Gasteiger partial charge is 0.481 e. The van der Waals surface area contributed by atoms with Crippen LogP contribution in [0, 0.1) is 5.82 Å². The molecule has 17 heavy (non-hydrogen) atoms. The van der Waals surface area contributed by atoms with Gasteiger partial charge in [-0.3, -0.25) is 4.79 Å². The van der Waals surface area contributed by atoms with E-state index in [1.165, 1.54) is 12.1 Å². The van der Waals surface area contributed by atoms with Gasteiger partial charge in [0.15, 0.2) is 0 Å². The molecular formula is C12H15FO2S2. The molecule has 1 N–H and O–H groups in total. The van der Waals surface area contributed by atoms with E-state index in [4.69, 9.17) is 5.11 Å². The van der Waals surface area contributed by atoms with Crippen molar-refractivity contribution in [1.82, 2.24) is 0 Å². The summed E-state index contributed by atoms with van der Waals surface area (Å²) in [6.07, 6.45) is 0.200. The minimum atomic E-state index is -0.754. The predicted molar refractivity (Wildman–Crippen MR) is 71.3 cm³/mol. The number of carboxylic acid groups (broad SMARTS) is 1. The fraction of sp³-hybridized carbons (Fsp3) is 0.417. The lowest BCUT2D eigenvalue weighted by atomic mass is 10.3. The maximum Gasteiger partial charge on any atom is 0.304 e. The first kappa shape index (κ1) is 14.4. The monoisotopic (exact) mass is 274 g/mol. The molecule has 0 radical (unpaired) electrons. The highest BCUT2D eigenvalue weighted by Gasteiger charge is 2.07. The number of benzene rings is 1. The number of aliphatic carboxylic acids is 1. The van der Waals surface area contributed by atoms with Gasteiger partial charge in [-0.2, -0.15) is 11.8 Å². The maximum atomic E-state index is 12.6. The first-order chi connectivity index (χ1) is 8.08. The highest BCUT2D eigenvalue weighted by atomic mass is 32.2. The molecule has 1 rings (SSSR count). The Morgan fingerprint density at radius 2 is 2.00 bits per heavy atom. The smallest absolute Gasteiger partial charge is 0.304 e. The lowest BCUT2D eigenvalue weighted by Gasteiger charge is -2.07. The van der Waals surface area contributed by atoms with Crippen LogP contribution in [0.25, 0.3) is 0 Å². The third kappa shape index (κ3) is 6.58. The average molecular weight is 274 g/mol. The van der Waals surface area contributed by atoms with E-state index < -0.39 is 5.97 Å². The van der Waals surface area contributed by atoms with Crippen molar-refractivity contribution >= 4 is 29.5 Å². The van der Waals surface area contributed by atoms with Crippen molar-refractivity contribution in [2.45, 2.75) is 23.5 Å². The second-order valence-electron chi connectivity index (χ2n) is 3.58. The Kier molecular flexibility index (Phi) is 6.44.